The van der Waals surface area contributed by atoms with E-state index in [2.05, 4.69) is 52.3 Å². The van der Waals surface area contributed by atoms with E-state index in [0.717, 1.165) is 56.3 Å². The minimum Gasteiger partial charge on any atom is -0.354 e. The number of fused-ring (bicyclic) bond motifs is 1. The molecule has 0 amide bonds. The van der Waals surface area contributed by atoms with E-state index in [0.29, 0.717) is 0 Å². The van der Waals surface area contributed by atoms with E-state index < -0.39 is 0 Å². The van der Waals surface area contributed by atoms with E-state index in [4.69, 9.17) is 9.97 Å². The molecule has 0 bridgehead atoms. The Morgan fingerprint density at radius 2 is 1.79 bits per heavy atom. The molecule has 1 fully saturated rings. The third-order valence-corrected chi connectivity index (χ3v) is 6.51. The van der Waals surface area contributed by atoms with E-state index in [9.17, 15) is 0 Å². The van der Waals surface area contributed by atoms with E-state index in [1.165, 1.54) is 49.3 Å². The molecule has 1 aromatic heterocycles. The van der Waals surface area contributed by atoms with Crippen LogP contribution in [0.4, 0.5) is 5.82 Å². The smallest absolute Gasteiger partial charge is 0.161 e. The molecule has 3 aliphatic rings. The first-order valence-electron chi connectivity index (χ1n) is 10.9. The number of nitrogens with zero attached hydrogens (tertiary/aromatic N) is 4. The fraction of sp³-hybridized carbons (Fsp3) is 0.500. The molecule has 146 valence electrons. The third kappa shape index (κ3) is 3.70. The van der Waals surface area contributed by atoms with Crippen molar-refractivity contribution in [3.8, 4) is 11.4 Å². The van der Waals surface area contributed by atoms with Crippen LogP contribution in [0.15, 0.2) is 42.5 Å². The Balaban J connectivity index is 1.32. The van der Waals surface area contributed by atoms with Gasteiger partial charge in [0.25, 0.3) is 0 Å². The molecule has 0 radical (unpaired) electrons. The van der Waals surface area contributed by atoms with Crippen molar-refractivity contribution >= 4 is 5.82 Å². The maximum Gasteiger partial charge on any atom is 0.161 e. The van der Waals surface area contributed by atoms with Gasteiger partial charge in [-0.3, -0.25) is 4.90 Å². The second-order valence-corrected chi connectivity index (χ2v) is 8.45. The summed E-state index contributed by atoms with van der Waals surface area (Å²) < 4.78 is 0. The number of anilines is 1. The molecule has 28 heavy (non-hydrogen) atoms. The molecular weight excluding hydrogens is 344 g/mol. The molecule has 1 aromatic carbocycles. The maximum atomic E-state index is 5.07. The van der Waals surface area contributed by atoms with Crippen molar-refractivity contribution in [3.63, 3.8) is 0 Å². The minimum absolute atomic E-state index is 0.851. The third-order valence-electron chi connectivity index (χ3n) is 6.51. The zero-order chi connectivity index (χ0) is 18.8. The van der Waals surface area contributed by atoms with Crippen LogP contribution in [0.25, 0.3) is 11.4 Å². The van der Waals surface area contributed by atoms with Crippen LogP contribution < -0.4 is 4.90 Å². The highest BCUT2D eigenvalue weighted by molar-refractivity contribution is 5.61. The van der Waals surface area contributed by atoms with Crippen molar-refractivity contribution in [3.05, 3.63) is 53.7 Å². The predicted octanol–water partition coefficient (Wildman–Crippen LogP) is 4.11. The number of piperazine rings is 1. The first kappa shape index (κ1) is 17.9. The fourth-order valence-electron chi connectivity index (χ4n) is 4.92. The molecule has 5 rings (SSSR count). The molecule has 0 saturated carbocycles. The Hall–Kier alpha value is -2.20. The topological polar surface area (TPSA) is 32.3 Å². The van der Waals surface area contributed by atoms with Crippen LogP contribution in [0.2, 0.25) is 0 Å². The Kier molecular flexibility index (Phi) is 5.13. The molecule has 1 saturated heterocycles. The van der Waals surface area contributed by atoms with E-state index in [-0.39, 0.29) is 0 Å². The number of allylic oxidation sites excluding steroid dienone is 2. The van der Waals surface area contributed by atoms with Gasteiger partial charge in [0.1, 0.15) is 5.82 Å². The number of aromatic nitrogens is 2. The van der Waals surface area contributed by atoms with Crippen molar-refractivity contribution in [2.75, 3.05) is 37.6 Å². The molecule has 1 atom stereocenters. The number of benzene rings is 1. The molecule has 2 aromatic rings. The number of hydrogen-bond donors (Lipinski definition) is 0. The average molecular weight is 375 g/mol. The highest BCUT2D eigenvalue weighted by atomic mass is 15.3. The van der Waals surface area contributed by atoms with Gasteiger partial charge in [0.15, 0.2) is 5.82 Å². The van der Waals surface area contributed by atoms with Gasteiger partial charge in [-0.2, -0.15) is 0 Å². The zero-order valence-corrected chi connectivity index (χ0v) is 16.7. The van der Waals surface area contributed by atoms with Crippen molar-refractivity contribution < 1.29 is 0 Å². The van der Waals surface area contributed by atoms with Crippen molar-refractivity contribution in [2.24, 2.45) is 5.92 Å². The summed E-state index contributed by atoms with van der Waals surface area (Å²) in [5.74, 6) is 2.96. The van der Waals surface area contributed by atoms with Crippen molar-refractivity contribution in [1.29, 1.82) is 0 Å². The van der Waals surface area contributed by atoms with Crippen LogP contribution in [0, 0.1) is 5.92 Å². The molecule has 2 aliphatic carbocycles. The van der Waals surface area contributed by atoms with Crippen LogP contribution >= 0.6 is 0 Å². The maximum absolute atomic E-state index is 5.07. The molecule has 1 aliphatic heterocycles. The van der Waals surface area contributed by atoms with Crippen LogP contribution in [0.3, 0.4) is 0 Å². The van der Waals surface area contributed by atoms with Gasteiger partial charge in [-0.15, -0.1) is 0 Å². The van der Waals surface area contributed by atoms with Crippen LogP contribution in [0.5, 0.6) is 0 Å². The molecule has 1 unspecified atom stereocenters. The van der Waals surface area contributed by atoms with Gasteiger partial charge in [0.05, 0.1) is 0 Å². The van der Waals surface area contributed by atoms with Gasteiger partial charge in [0.2, 0.25) is 0 Å². The molecule has 4 nitrogen and oxygen atoms in total. The minimum atomic E-state index is 0.851. The van der Waals surface area contributed by atoms with Gasteiger partial charge >= 0.3 is 0 Å². The lowest BCUT2D eigenvalue weighted by atomic mass is 9.94. The summed E-state index contributed by atoms with van der Waals surface area (Å²) in [5, 5.41) is 0. The summed E-state index contributed by atoms with van der Waals surface area (Å²) >= 11 is 0. The van der Waals surface area contributed by atoms with Gasteiger partial charge in [-0.25, -0.2) is 9.97 Å². The summed E-state index contributed by atoms with van der Waals surface area (Å²) in [6.07, 6.45) is 12.0. The monoisotopic (exact) mass is 374 g/mol. The number of aryl methyl sites for hydroxylation is 1. The van der Waals surface area contributed by atoms with Gasteiger partial charge in [0, 0.05) is 49.5 Å². The Labute approximate surface area is 168 Å². The first-order valence-corrected chi connectivity index (χ1v) is 10.9. The summed E-state index contributed by atoms with van der Waals surface area (Å²) in [5.41, 5.74) is 3.81. The quantitative estimate of drug-likeness (QED) is 0.754. The second-order valence-electron chi connectivity index (χ2n) is 8.45. The fourth-order valence-corrected chi connectivity index (χ4v) is 4.92. The number of hydrogen-bond acceptors (Lipinski definition) is 4. The van der Waals surface area contributed by atoms with Crippen molar-refractivity contribution in [2.45, 2.75) is 38.5 Å². The Bertz CT molecular complexity index is 837. The molecular formula is C24H30N4. The van der Waals surface area contributed by atoms with E-state index in [1.807, 2.05) is 0 Å². The molecule has 2 heterocycles. The van der Waals surface area contributed by atoms with Gasteiger partial charge in [-0.05, 0) is 44.4 Å². The summed E-state index contributed by atoms with van der Waals surface area (Å²) in [7, 11) is 0. The first-order chi connectivity index (χ1) is 13.9. The van der Waals surface area contributed by atoms with Crippen LogP contribution in [0.1, 0.15) is 36.9 Å². The zero-order valence-electron chi connectivity index (χ0n) is 16.7. The summed E-state index contributed by atoms with van der Waals surface area (Å²) in [6.45, 7) is 5.73. The van der Waals surface area contributed by atoms with Gasteiger partial charge < -0.3 is 4.90 Å². The largest absolute Gasteiger partial charge is 0.354 e. The van der Waals surface area contributed by atoms with Crippen molar-refractivity contribution in [1.82, 2.24) is 14.9 Å². The predicted molar refractivity (Wildman–Crippen MR) is 115 cm³/mol. The SMILES string of the molecule is C1=CCC(CN2CCN(c3nc(-c4ccccc4)nc4c3CCC4)CC2)CC1. The lowest BCUT2D eigenvalue weighted by Crippen LogP contribution is -2.48. The Morgan fingerprint density at radius 3 is 2.57 bits per heavy atom. The second kappa shape index (κ2) is 8.04. The normalized spacial score (nSPS) is 22.4. The van der Waals surface area contributed by atoms with E-state index in [1.54, 1.807) is 0 Å². The van der Waals surface area contributed by atoms with E-state index >= 15 is 0 Å². The highest BCUT2D eigenvalue weighted by Crippen LogP contribution is 2.32. The molecule has 0 spiro atoms. The standard InChI is InChI=1S/C24H30N4/c1-3-8-19(9-4-1)18-27-14-16-28(17-15-27)24-21-12-7-13-22(21)25-23(26-24)20-10-5-2-6-11-20/h1-3,5-6,10-11,19H,4,7-9,12-18H2. The lowest BCUT2D eigenvalue weighted by molar-refractivity contribution is 0.211. The lowest BCUT2D eigenvalue weighted by Gasteiger charge is -2.38. The summed E-state index contributed by atoms with van der Waals surface area (Å²) in [4.78, 5) is 15.2. The average Bonchev–Trinajstić information content (AvgIpc) is 3.24. The molecule has 4 heteroatoms. The van der Waals surface area contributed by atoms with Crippen LogP contribution in [-0.4, -0.2) is 47.6 Å². The number of rotatable bonds is 4. The highest BCUT2D eigenvalue weighted by Gasteiger charge is 2.26. The summed E-state index contributed by atoms with van der Waals surface area (Å²) in [6, 6.07) is 10.4. The van der Waals surface area contributed by atoms with Crippen LogP contribution in [-0.2, 0) is 12.8 Å². The van der Waals surface area contributed by atoms with Gasteiger partial charge in [-0.1, -0.05) is 42.5 Å². The molecule has 0 N–H and O–H groups in total. The Morgan fingerprint density at radius 1 is 0.929 bits per heavy atom.